The summed E-state index contributed by atoms with van der Waals surface area (Å²) in [5.41, 5.74) is 6.42. The number of benzene rings is 2. The number of thiophene rings is 1. The van der Waals surface area contributed by atoms with Gasteiger partial charge in [0.15, 0.2) is 0 Å². The molecule has 1 heterocycles. The van der Waals surface area contributed by atoms with Crippen LogP contribution in [0.4, 0.5) is 0 Å². The number of hydrogen-bond acceptors (Lipinski definition) is 2. The molecular formula is C15H11NS. The lowest BCUT2D eigenvalue weighted by Crippen LogP contribution is -1.92. The summed E-state index contributed by atoms with van der Waals surface area (Å²) in [5.74, 6) is 5.97. The van der Waals surface area contributed by atoms with Crippen LogP contribution in [0.15, 0.2) is 42.5 Å². The van der Waals surface area contributed by atoms with Crippen LogP contribution in [0.2, 0.25) is 0 Å². The van der Waals surface area contributed by atoms with Crippen LogP contribution in [0, 0.1) is 11.8 Å². The first-order valence-electron chi connectivity index (χ1n) is 5.49. The molecular weight excluding hydrogens is 226 g/mol. The molecule has 2 N–H and O–H groups in total. The highest BCUT2D eigenvalue weighted by Crippen LogP contribution is 2.33. The molecule has 0 aliphatic heterocycles. The lowest BCUT2D eigenvalue weighted by molar-refractivity contribution is 1.30. The molecule has 0 amide bonds. The van der Waals surface area contributed by atoms with E-state index >= 15 is 0 Å². The van der Waals surface area contributed by atoms with E-state index in [0.29, 0.717) is 6.54 Å². The standard InChI is InChI=1S/C15H11NS/c16-9-3-4-11-7-8-15-13(10-11)12-5-1-2-6-14(12)17-15/h1-2,5-8,10H,9,16H2. The molecule has 0 fully saturated rings. The molecule has 82 valence electrons. The van der Waals surface area contributed by atoms with E-state index in [1.165, 1.54) is 20.2 Å². The highest BCUT2D eigenvalue weighted by molar-refractivity contribution is 7.25. The number of fused-ring (bicyclic) bond motifs is 3. The molecule has 1 nitrogen and oxygen atoms in total. The summed E-state index contributed by atoms with van der Waals surface area (Å²) in [6, 6.07) is 14.8. The molecule has 0 aliphatic rings. The molecule has 2 aromatic carbocycles. The van der Waals surface area contributed by atoms with Crippen molar-refractivity contribution in [1.29, 1.82) is 0 Å². The smallest absolute Gasteiger partial charge is 0.0555 e. The third-order valence-electron chi connectivity index (χ3n) is 2.71. The first-order valence-corrected chi connectivity index (χ1v) is 6.30. The molecule has 0 bridgehead atoms. The third-order valence-corrected chi connectivity index (χ3v) is 3.86. The quantitative estimate of drug-likeness (QED) is 0.596. The zero-order valence-electron chi connectivity index (χ0n) is 9.23. The Balaban J connectivity index is 2.30. The summed E-state index contributed by atoms with van der Waals surface area (Å²) >= 11 is 1.82. The molecule has 0 saturated heterocycles. The molecule has 17 heavy (non-hydrogen) atoms. The largest absolute Gasteiger partial charge is 0.320 e. The van der Waals surface area contributed by atoms with Gasteiger partial charge in [-0.05, 0) is 24.3 Å². The van der Waals surface area contributed by atoms with E-state index in [-0.39, 0.29) is 0 Å². The Morgan fingerprint density at radius 2 is 1.82 bits per heavy atom. The average molecular weight is 237 g/mol. The van der Waals surface area contributed by atoms with E-state index in [9.17, 15) is 0 Å². The van der Waals surface area contributed by atoms with Crippen LogP contribution in [0.1, 0.15) is 5.56 Å². The van der Waals surface area contributed by atoms with E-state index in [0.717, 1.165) is 5.56 Å². The van der Waals surface area contributed by atoms with Gasteiger partial charge < -0.3 is 5.73 Å². The SMILES string of the molecule is NCC#Cc1ccc2sc3ccccc3c2c1. The second-order valence-corrected chi connectivity index (χ2v) is 4.90. The fourth-order valence-electron chi connectivity index (χ4n) is 1.96. The van der Waals surface area contributed by atoms with Gasteiger partial charge in [-0.3, -0.25) is 0 Å². The van der Waals surface area contributed by atoms with Gasteiger partial charge in [0.05, 0.1) is 6.54 Å². The van der Waals surface area contributed by atoms with Gasteiger partial charge in [0.2, 0.25) is 0 Å². The van der Waals surface area contributed by atoms with Crippen LogP contribution in [0.5, 0.6) is 0 Å². The summed E-state index contributed by atoms with van der Waals surface area (Å²) in [5, 5.41) is 2.60. The Kier molecular flexibility index (Phi) is 2.56. The monoisotopic (exact) mass is 237 g/mol. The lowest BCUT2D eigenvalue weighted by atomic mass is 10.1. The summed E-state index contributed by atoms with van der Waals surface area (Å²) < 4.78 is 2.64. The second-order valence-electron chi connectivity index (χ2n) is 3.82. The molecule has 0 radical (unpaired) electrons. The maximum atomic E-state index is 5.39. The molecule has 0 spiro atoms. The molecule has 2 heteroatoms. The van der Waals surface area contributed by atoms with E-state index in [1.54, 1.807) is 0 Å². The highest BCUT2D eigenvalue weighted by Gasteiger charge is 2.03. The first-order chi connectivity index (χ1) is 8.38. The Morgan fingerprint density at radius 3 is 2.71 bits per heavy atom. The fraction of sp³-hybridized carbons (Fsp3) is 0.0667. The van der Waals surface area contributed by atoms with Gasteiger partial charge in [-0.2, -0.15) is 0 Å². The average Bonchev–Trinajstić information content (AvgIpc) is 2.74. The van der Waals surface area contributed by atoms with Crippen LogP contribution < -0.4 is 5.73 Å². The van der Waals surface area contributed by atoms with Gasteiger partial charge in [0.1, 0.15) is 0 Å². The van der Waals surface area contributed by atoms with E-state index in [4.69, 9.17) is 5.73 Å². The van der Waals surface area contributed by atoms with Crippen LogP contribution in [-0.2, 0) is 0 Å². The van der Waals surface area contributed by atoms with Crippen molar-refractivity contribution < 1.29 is 0 Å². The molecule has 3 rings (SSSR count). The number of rotatable bonds is 0. The Morgan fingerprint density at radius 1 is 1.00 bits per heavy atom. The van der Waals surface area contributed by atoms with Crippen LogP contribution in [0.3, 0.4) is 0 Å². The van der Waals surface area contributed by atoms with Crippen molar-refractivity contribution in [2.24, 2.45) is 5.73 Å². The zero-order chi connectivity index (χ0) is 11.7. The molecule has 0 saturated carbocycles. The Bertz CT molecular complexity index is 744. The Labute approximate surface area is 104 Å². The maximum Gasteiger partial charge on any atom is 0.0555 e. The van der Waals surface area contributed by atoms with E-state index in [2.05, 4.69) is 54.3 Å². The van der Waals surface area contributed by atoms with Crippen molar-refractivity contribution in [1.82, 2.24) is 0 Å². The zero-order valence-corrected chi connectivity index (χ0v) is 10.1. The highest BCUT2D eigenvalue weighted by atomic mass is 32.1. The topological polar surface area (TPSA) is 26.0 Å². The number of hydrogen-bond donors (Lipinski definition) is 1. The van der Waals surface area contributed by atoms with Gasteiger partial charge in [-0.15, -0.1) is 11.3 Å². The van der Waals surface area contributed by atoms with E-state index in [1.807, 2.05) is 11.3 Å². The Hall–Kier alpha value is -1.82. The molecule has 0 atom stereocenters. The maximum absolute atomic E-state index is 5.39. The van der Waals surface area contributed by atoms with E-state index < -0.39 is 0 Å². The van der Waals surface area contributed by atoms with Crippen molar-refractivity contribution in [3.63, 3.8) is 0 Å². The minimum atomic E-state index is 0.405. The summed E-state index contributed by atoms with van der Waals surface area (Å²) in [6.45, 7) is 0.405. The molecule has 1 aromatic heterocycles. The van der Waals surface area contributed by atoms with Gasteiger partial charge in [-0.1, -0.05) is 30.0 Å². The van der Waals surface area contributed by atoms with Gasteiger partial charge >= 0.3 is 0 Å². The molecule has 0 unspecified atom stereocenters. The predicted octanol–water partition coefficient (Wildman–Crippen LogP) is 3.36. The van der Waals surface area contributed by atoms with Crippen LogP contribution in [-0.4, -0.2) is 6.54 Å². The van der Waals surface area contributed by atoms with Crippen molar-refractivity contribution in [2.45, 2.75) is 0 Å². The fourth-order valence-corrected chi connectivity index (χ4v) is 3.04. The summed E-state index contributed by atoms with van der Waals surface area (Å²) in [6.07, 6.45) is 0. The second kappa shape index (κ2) is 4.21. The van der Waals surface area contributed by atoms with Gasteiger partial charge in [0.25, 0.3) is 0 Å². The lowest BCUT2D eigenvalue weighted by Gasteiger charge is -1.93. The van der Waals surface area contributed by atoms with Gasteiger partial charge in [0, 0.05) is 25.7 Å². The minimum absolute atomic E-state index is 0.405. The predicted molar refractivity (Wildman–Crippen MR) is 75.3 cm³/mol. The van der Waals surface area contributed by atoms with Crippen LogP contribution in [0.25, 0.3) is 20.2 Å². The van der Waals surface area contributed by atoms with Crippen LogP contribution >= 0.6 is 11.3 Å². The van der Waals surface area contributed by atoms with Gasteiger partial charge in [-0.25, -0.2) is 0 Å². The first kappa shape index (κ1) is 10.3. The van der Waals surface area contributed by atoms with Crippen molar-refractivity contribution in [3.05, 3.63) is 48.0 Å². The summed E-state index contributed by atoms with van der Waals surface area (Å²) in [4.78, 5) is 0. The molecule has 0 aliphatic carbocycles. The number of nitrogens with two attached hydrogens (primary N) is 1. The van der Waals surface area contributed by atoms with Crippen molar-refractivity contribution in [2.75, 3.05) is 6.54 Å². The van der Waals surface area contributed by atoms with Crippen molar-refractivity contribution in [3.8, 4) is 11.8 Å². The third kappa shape index (κ3) is 1.80. The summed E-state index contributed by atoms with van der Waals surface area (Å²) in [7, 11) is 0. The minimum Gasteiger partial charge on any atom is -0.320 e. The van der Waals surface area contributed by atoms with Crippen molar-refractivity contribution >= 4 is 31.5 Å². The normalized spacial score (nSPS) is 10.4. The molecule has 3 aromatic rings.